The molecule has 0 radical (unpaired) electrons. The van der Waals surface area contributed by atoms with E-state index >= 15 is 0 Å². The number of nitrogens with one attached hydrogen (secondary N) is 2. The molecule has 0 saturated heterocycles. The highest BCUT2D eigenvalue weighted by Crippen LogP contribution is 2.21. The highest BCUT2D eigenvalue weighted by atomic mass is 79.9. The van der Waals surface area contributed by atoms with Crippen LogP contribution >= 0.6 is 15.9 Å². The monoisotopic (exact) mass is 345 g/mol. The fourth-order valence-corrected chi connectivity index (χ4v) is 2.40. The maximum atomic E-state index is 12.1. The number of para-hydroxylation sites is 2. The lowest BCUT2D eigenvalue weighted by Gasteiger charge is -2.05. The Balaban J connectivity index is 1.74. The Labute approximate surface area is 129 Å². The van der Waals surface area contributed by atoms with Crippen LogP contribution in [0.15, 0.2) is 46.9 Å². The molecular formula is C15H12BrN3O2. The highest BCUT2D eigenvalue weighted by molar-refractivity contribution is 9.10. The summed E-state index contributed by atoms with van der Waals surface area (Å²) in [5, 5.41) is 12.4. The lowest BCUT2D eigenvalue weighted by atomic mass is 10.2. The first kappa shape index (κ1) is 13.6. The summed E-state index contributed by atoms with van der Waals surface area (Å²) >= 11 is 3.27. The molecular weight excluding hydrogens is 334 g/mol. The Bertz CT molecular complexity index is 781. The number of halogens is 1. The Morgan fingerprint density at radius 3 is 2.90 bits per heavy atom. The second-order valence-electron chi connectivity index (χ2n) is 4.54. The Hall–Kier alpha value is -2.34. The van der Waals surface area contributed by atoms with Crippen LogP contribution in [0.3, 0.4) is 0 Å². The molecule has 3 rings (SSSR count). The van der Waals surface area contributed by atoms with Crippen LogP contribution in [-0.2, 0) is 6.54 Å². The Morgan fingerprint density at radius 2 is 2.10 bits per heavy atom. The van der Waals surface area contributed by atoms with Gasteiger partial charge in [-0.3, -0.25) is 4.79 Å². The van der Waals surface area contributed by atoms with Crippen molar-refractivity contribution in [2.75, 3.05) is 0 Å². The summed E-state index contributed by atoms with van der Waals surface area (Å²) in [6, 6.07) is 12.4. The summed E-state index contributed by atoms with van der Waals surface area (Å²) < 4.78 is 0.731. The number of hydrogen-bond acceptors (Lipinski definition) is 3. The number of amides is 1. The van der Waals surface area contributed by atoms with Crippen molar-refractivity contribution in [3.63, 3.8) is 0 Å². The first-order chi connectivity index (χ1) is 10.1. The van der Waals surface area contributed by atoms with Crippen LogP contribution in [0.2, 0.25) is 0 Å². The van der Waals surface area contributed by atoms with Gasteiger partial charge in [0.15, 0.2) is 0 Å². The van der Waals surface area contributed by atoms with Crippen molar-refractivity contribution in [2.45, 2.75) is 6.54 Å². The molecule has 3 aromatic rings. The lowest BCUT2D eigenvalue weighted by Crippen LogP contribution is -2.23. The van der Waals surface area contributed by atoms with E-state index in [2.05, 4.69) is 31.2 Å². The van der Waals surface area contributed by atoms with Crippen LogP contribution in [0.25, 0.3) is 11.0 Å². The normalized spacial score (nSPS) is 10.7. The predicted molar refractivity (Wildman–Crippen MR) is 83.1 cm³/mol. The molecule has 2 aromatic carbocycles. The quantitative estimate of drug-likeness (QED) is 0.682. The van der Waals surface area contributed by atoms with E-state index in [1.165, 1.54) is 6.07 Å². The van der Waals surface area contributed by atoms with Crippen LogP contribution < -0.4 is 5.32 Å². The van der Waals surface area contributed by atoms with E-state index in [4.69, 9.17) is 0 Å². The second-order valence-corrected chi connectivity index (χ2v) is 5.46. The zero-order valence-electron chi connectivity index (χ0n) is 10.9. The maximum absolute atomic E-state index is 12.1. The van der Waals surface area contributed by atoms with E-state index in [9.17, 15) is 9.90 Å². The van der Waals surface area contributed by atoms with E-state index in [0.717, 1.165) is 15.5 Å². The zero-order chi connectivity index (χ0) is 14.8. The number of nitrogens with zero attached hydrogens (tertiary/aromatic N) is 1. The summed E-state index contributed by atoms with van der Waals surface area (Å²) in [4.78, 5) is 19.6. The fraction of sp³-hybridized carbons (Fsp3) is 0.0667. The number of H-pyrrole nitrogens is 1. The van der Waals surface area contributed by atoms with Crippen LogP contribution in [0.4, 0.5) is 0 Å². The molecule has 3 N–H and O–H groups in total. The van der Waals surface area contributed by atoms with Crippen LogP contribution in [0, 0.1) is 0 Å². The molecule has 0 unspecified atom stereocenters. The van der Waals surface area contributed by atoms with Gasteiger partial charge in [0.1, 0.15) is 11.6 Å². The van der Waals surface area contributed by atoms with E-state index in [0.29, 0.717) is 5.82 Å². The molecule has 6 heteroatoms. The average Bonchev–Trinajstić information content (AvgIpc) is 2.90. The standard InChI is InChI=1S/C15H12BrN3O2/c16-9-5-6-13(20)10(7-9)15(21)17-8-14-18-11-3-1-2-4-12(11)19-14/h1-7,20H,8H2,(H,17,21)(H,18,19). The van der Waals surface area contributed by atoms with Crippen molar-refractivity contribution in [1.29, 1.82) is 0 Å². The lowest BCUT2D eigenvalue weighted by molar-refractivity contribution is 0.0947. The third-order valence-corrected chi connectivity index (χ3v) is 3.55. The van der Waals surface area contributed by atoms with Crippen molar-refractivity contribution >= 4 is 32.9 Å². The summed E-state index contributed by atoms with van der Waals surface area (Å²) in [6.45, 7) is 0.263. The number of imidazole rings is 1. The largest absolute Gasteiger partial charge is 0.507 e. The number of aromatic hydroxyl groups is 1. The van der Waals surface area contributed by atoms with Crippen LogP contribution in [0.1, 0.15) is 16.2 Å². The molecule has 0 bridgehead atoms. The van der Waals surface area contributed by atoms with Crippen molar-refractivity contribution in [3.05, 3.63) is 58.3 Å². The molecule has 0 aliphatic heterocycles. The third kappa shape index (κ3) is 2.90. The van der Waals surface area contributed by atoms with Gasteiger partial charge < -0.3 is 15.4 Å². The summed E-state index contributed by atoms with van der Waals surface area (Å²) in [5.74, 6) is 0.258. The number of carbonyl (C=O) groups is 1. The molecule has 5 nitrogen and oxygen atoms in total. The Kier molecular flexibility index (Phi) is 3.62. The highest BCUT2D eigenvalue weighted by Gasteiger charge is 2.12. The van der Waals surface area contributed by atoms with E-state index < -0.39 is 0 Å². The first-order valence-electron chi connectivity index (χ1n) is 6.34. The van der Waals surface area contributed by atoms with Gasteiger partial charge in [-0.25, -0.2) is 4.98 Å². The summed E-state index contributed by atoms with van der Waals surface area (Å²) in [6.07, 6.45) is 0. The average molecular weight is 346 g/mol. The van der Waals surface area contributed by atoms with Crippen molar-refractivity contribution in [3.8, 4) is 5.75 Å². The van der Waals surface area contributed by atoms with Crippen molar-refractivity contribution < 1.29 is 9.90 Å². The fourth-order valence-electron chi connectivity index (χ4n) is 2.04. The molecule has 1 amide bonds. The molecule has 0 atom stereocenters. The molecule has 106 valence electrons. The van der Waals surface area contributed by atoms with E-state index in [1.807, 2.05) is 24.3 Å². The number of phenols is 1. The smallest absolute Gasteiger partial charge is 0.255 e. The van der Waals surface area contributed by atoms with Gasteiger partial charge in [-0.1, -0.05) is 28.1 Å². The van der Waals surface area contributed by atoms with E-state index in [-0.39, 0.29) is 23.8 Å². The van der Waals surface area contributed by atoms with Gasteiger partial charge in [0.2, 0.25) is 0 Å². The number of phenolic OH excluding ortho intramolecular Hbond substituents is 1. The number of hydrogen-bond donors (Lipinski definition) is 3. The minimum atomic E-state index is -0.353. The molecule has 0 fully saturated rings. The number of benzene rings is 2. The van der Waals surface area contributed by atoms with Gasteiger partial charge in [-0.2, -0.15) is 0 Å². The molecule has 0 aliphatic rings. The number of aromatic amines is 1. The van der Waals surface area contributed by atoms with Crippen molar-refractivity contribution in [2.24, 2.45) is 0 Å². The Morgan fingerprint density at radius 1 is 1.29 bits per heavy atom. The predicted octanol–water partition coefficient (Wildman–Crippen LogP) is 2.96. The molecule has 0 saturated carbocycles. The van der Waals surface area contributed by atoms with Gasteiger partial charge in [0, 0.05) is 4.47 Å². The zero-order valence-corrected chi connectivity index (χ0v) is 12.5. The van der Waals surface area contributed by atoms with Gasteiger partial charge in [0.05, 0.1) is 23.1 Å². The SMILES string of the molecule is O=C(NCc1nc2ccccc2[nH]1)c1cc(Br)ccc1O. The van der Waals surface area contributed by atoms with E-state index in [1.54, 1.807) is 12.1 Å². The topological polar surface area (TPSA) is 78.0 Å². The number of carbonyl (C=O) groups excluding carboxylic acids is 1. The molecule has 0 spiro atoms. The van der Waals surface area contributed by atoms with Gasteiger partial charge >= 0.3 is 0 Å². The van der Waals surface area contributed by atoms with Gasteiger partial charge in [0.25, 0.3) is 5.91 Å². The third-order valence-electron chi connectivity index (χ3n) is 3.06. The number of aromatic nitrogens is 2. The maximum Gasteiger partial charge on any atom is 0.255 e. The molecule has 1 aromatic heterocycles. The second kappa shape index (κ2) is 5.57. The minimum absolute atomic E-state index is 0.0553. The van der Waals surface area contributed by atoms with Gasteiger partial charge in [-0.05, 0) is 30.3 Å². The number of rotatable bonds is 3. The van der Waals surface area contributed by atoms with Crippen LogP contribution in [-0.4, -0.2) is 21.0 Å². The summed E-state index contributed by atoms with van der Waals surface area (Å²) in [5.41, 5.74) is 2.00. The first-order valence-corrected chi connectivity index (χ1v) is 7.13. The summed E-state index contributed by atoms with van der Waals surface area (Å²) in [7, 11) is 0. The minimum Gasteiger partial charge on any atom is -0.507 e. The van der Waals surface area contributed by atoms with Gasteiger partial charge in [-0.15, -0.1) is 0 Å². The number of fused-ring (bicyclic) bond motifs is 1. The molecule has 0 aliphatic carbocycles. The van der Waals surface area contributed by atoms with Crippen molar-refractivity contribution in [1.82, 2.24) is 15.3 Å². The van der Waals surface area contributed by atoms with Crippen LogP contribution in [0.5, 0.6) is 5.75 Å². The molecule has 21 heavy (non-hydrogen) atoms. The molecule has 1 heterocycles.